The van der Waals surface area contributed by atoms with Crippen molar-refractivity contribution in [2.75, 3.05) is 6.26 Å². The van der Waals surface area contributed by atoms with Crippen molar-refractivity contribution in [2.45, 2.75) is 31.6 Å². The Kier molecular flexibility index (Phi) is 2.35. The van der Waals surface area contributed by atoms with Crippen molar-refractivity contribution in [3.05, 3.63) is 11.6 Å². The molecule has 0 aliphatic carbocycles. The van der Waals surface area contributed by atoms with E-state index in [0.29, 0.717) is 0 Å². The SMILES string of the molecule is CSCc1nnc2n1CCCC2. The number of aryl methyl sites for hydroxylation is 1. The van der Waals surface area contributed by atoms with Gasteiger partial charge in [-0.1, -0.05) is 0 Å². The minimum atomic E-state index is 0.993. The van der Waals surface area contributed by atoms with Crippen molar-refractivity contribution < 1.29 is 0 Å². The summed E-state index contributed by atoms with van der Waals surface area (Å²) in [5.74, 6) is 3.33. The maximum absolute atomic E-state index is 4.18. The predicted octanol–water partition coefficient (Wildman–Crippen LogP) is 1.48. The number of aromatic nitrogens is 3. The summed E-state index contributed by atoms with van der Waals surface area (Å²) in [5.41, 5.74) is 0. The van der Waals surface area contributed by atoms with Crippen LogP contribution in [-0.2, 0) is 18.7 Å². The molecule has 1 aromatic rings. The molecule has 0 amide bonds. The van der Waals surface area contributed by atoms with E-state index >= 15 is 0 Å². The normalized spacial score (nSPS) is 16.1. The predicted molar refractivity (Wildman–Crippen MR) is 50.2 cm³/mol. The van der Waals surface area contributed by atoms with Crippen molar-refractivity contribution in [1.82, 2.24) is 14.8 Å². The van der Waals surface area contributed by atoms with Gasteiger partial charge in [0.1, 0.15) is 11.6 Å². The van der Waals surface area contributed by atoms with Gasteiger partial charge in [0.05, 0.1) is 5.75 Å². The Labute approximate surface area is 76.6 Å². The lowest BCUT2D eigenvalue weighted by atomic mass is 10.2. The standard InChI is InChI=1S/C8H13N3S/c1-12-6-8-10-9-7-4-2-3-5-11(7)8/h2-6H2,1H3. The molecule has 0 saturated heterocycles. The average Bonchev–Trinajstić information content (AvgIpc) is 2.50. The van der Waals surface area contributed by atoms with Gasteiger partial charge in [-0.25, -0.2) is 0 Å². The fourth-order valence-corrected chi connectivity index (χ4v) is 2.08. The van der Waals surface area contributed by atoms with E-state index in [1.54, 1.807) is 0 Å². The van der Waals surface area contributed by atoms with E-state index in [4.69, 9.17) is 0 Å². The number of nitrogens with zero attached hydrogens (tertiary/aromatic N) is 3. The molecule has 2 heterocycles. The first kappa shape index (κ1) is 8.10. The Morgan fingerprint density at radius 1 is 1.42 bits per heavy atom. The van der Waals surface area contributed by atoms with Gasteiger partial charge in [0, 0.05) is 13.0 Å². The summed E-state index contributed by atoms with van der Waals surface area (Å²) in [5, 5.41) is 8.35. The van der Waals surface area contributed by atoms with Crippen molar-refractivity contribution >= 4 is 11.8 Å². The molecule has 0 aromatic carbocycles. The highest BCUT2D eigenvalue weighted by molar-refractivity contribution is 7.97. The van der Waals surface area contributed by atoms with E-state index in [-0.39, 0.29) is 0 Å². The van der Waals surface area contributed by atoms with Gasteiger partial charge in [0.2, 0.25) is 0 Å². The quantitative estimate of drug-likeness (QED) is 0.695. The zero-order valence-electron chi connectivity index (χ0n) is 7.29. The zero-order valence-corrected chi connectivity index (χ0v) is 8.10. The fraction of sp³-hybridized carbons (Fsp3) is 0.750. The van der Waals surface area contributed by atoms with Crippen LogP contribution in [-0.4, -0.2) is 21.0 Å². The van der Waals surface area contributed by atoms with Crippen LogP contribution >= 0.6 is 11.8 Å². The molecule has 0 saturated carbocycles. The van der Waals surface area contributed by atoms with Gasteiger partial charge in [-0.05, 0) is 19.1 Å². The first-order valence-corrected chi connectivity index (χ1v) is 5.71. The number of fused-ring (bicyclic) bond motifs is 1. The lowest BCUT2D eigenvalue weighted by Crippen LogP contribution is -2.12. The number of hydrogen-bond donors (Lipinski definition) is 0. The van der Waals surface area contributed by atoms with E-state index in [1.165, 1.54) is 18.7 Å². The average molecular weight is 183 g/mol. The minimum Gasteiger partial charge on any atom is -0.314 e. The van der Waals surface area contributed by atoms with Crippen LogP contribution < -0.4 is 0 Å². The molecule has 0 unspecified atom stereocenters. The second kappa shape index (κ2) is 3.47. The molecule has 12 heavy (non-hydrogen) atoms. The van der Waals surface area contributed by atoms with Crippen LogP contribution in [0.2, 0.25) is 0 Å². The lowest BCUT2D eigenvalue weighted by Gasteiger charge is -2.13. The van der Waals surface area contributed by atoms with Gasteiger partial charge in [-0.15, -0.1) is 10.2 Å². The van der Waals surface area contributed by atoms with E-state index in [0.717, 1.165) is 24.5 Å². The highest BCUT2D eigenvalue weighted by Crippen LogP contribution is 2.16. The monoisotopic (exact) mass is 183 g/mol. The van der Waals surface area contributed by atoms with Crippen molar-refractivity contribution in [3.8, 4) is 0 Å². The maximum atomic E-state index is 4.18. The molecule has 4 heteroatoms. The summed E-state index contributed by atoms with van der Waals surface area (Å²) in [6.07, 6.45) is 5.77. The first-order valence-electron chi connectivity index (χ1n) is 4.31. The molecule has 66 valence electrons. The molecular formula is C8H13N3S. The molecule has 0 N–H and O–H groups in total. The zero-order chi connectivity index (χ0) is 8.39. The molecule has 1 aliphatic rings. The van der Waals surface area contributed by atoms with Crippen molar-refractivity contribution in [2.24, 2.45) is 0 Å². The van der Waals surface area contributed by atoms with Crippen LogP contribution in [0.4, 0.5) is 0 Å². The van der Waals surface area contributed by atoms with E-state index in [9.17, 15) is 0 Å². The third kappa shape index (κ3) is 1.35. The smallest absolute Gasteiger partial charge is 0.143 e. The summed E-state index contributed by atoms with van der Waals surface area (Å²) in [7, 11) is 0. The summed E-state index contributed by atoms with van der Waals surface area (Å²) in [6.45, 7) is 1.12. The Bertz CT molecular complexity index is 269. The van der Waals surface area contributed by atoms with Gasteiger partial charge in [0.15, 0.2) is 0 Å². The Hall–Kier alpha value is -0.510. The molecular weight excluding hydrogens is 170 g/mol. The Balaban J connectivity index is 2.25. The minimum absolute atomic E-state index is 0.993. The molecule has 1 aromatic heterocycles. The number of hydrogen-bond acceptors (Lipinski definition) is 3. The van der Waals surface area contributed by atoms with Crippen LogP contribution in [0.3, 0.4) is 0 Å². The van der Waals surface area contributed by atoms with Crippen LogP contribution in [0.1, 0.15) is 24.5 Å². The topological polar surface area (TPSA) is 30.7 Å². The largest absolute Gasteiger partial charge is 0.314 e. The summed E-state index contributed by atoms with van der Waals surface area (Å²) >= 11 is 1.81. The van der Waals surface area contributed by atoms with Gasteiger partial charge >= 0.3 is 0 Å². The fourth-order valence-electron chi connectivity index (χ4n) is 1.60. The van der Waals surface area contributed by atoms with Crippen molar-refractivity contribution in [1.29, 1.82) is 0 Å². The van der Waals surface area contributed by atoms with Gasteiger partial charge in [-0.2, -0.15) is 11.8 Å². The summed E-state index contributed by atoms with van der Waals surface area (Å²) in [6, 6.07) is 0. The van der Waals surface area contributed by atoms with Gasteiger partial charge in [-0.3, -0.25) is 0 Å². The first-order chi connectivity index (χ1) is 5.92. The molecule has 0 atom stereocenters. The number of thioether (sulfide) groups is 1. The van der Waals surface area contributed by atoms with Crippen LogP contribution in [0, 0.1) is 0 Å². The second-order valence-electron chi connectivity index (χ2n) is 3.07. The van der Waals surface area contributed by atoms with Crippen LogP contribution in [0.25, 0.3) is 0 Å². The Morgan fingerprint density at radius 2 is 2.33 bits per heavy atom. The molecule has 1 aliphatic heterocycles. The van der Waals surface area contributed by atoms with E-state index < -0.39 is 0 Å². The van der Waals surface area contributed by atoms with Crippen molar-refractivity contribution in [3.63, 3.8) is 0 Å². The van der Waals surface area contributed by atoms with Crippen LogP contribution in [0.15, 0.2) is 0 Å². The maximum Gasteiger partial charge on any atom is 0.143 e. The molecule has 0 radical (unpaired) electrons. The molecule has 3 nitrogen and oxygen atoms in total. The summed E-state index contributed by atoms with van der Waals surface area (Å²) < 4.78 is 2.28. The molecule has 2 rings (SSSR count). The van der Waals surface area contributed by atoms with E-state index in [1.807, 2.05) is 11.8 Å². The van der Waals surface area contributed by atoms with E-state index in [2.05, 4.69) is 21.0 Å². The number of rotatable bonds is 2. The highest BCUT2D eigenvalue weighted by Gasteiger charge is 2.14. The Morgan fingerprint density at radius 3 is 3.17 bits per heavy atom. The van der Waals surface area contributed by atoms with Gasteiger partial charge in [0.25, 0.3) is 0 Å². The van der Waals surface area contributed by atoms with Crippen LogP contribution in [0.5, 0.6) is 0 Å². The molecule has 0 fully saturated rings. The second-order valence-corrected chi connectivity index (χ2v) is 3.94. The molecule has 0 bridgehead atoms. The lowest BCUT2D eigenvalue weighted by molar-refractivity contribution is 0.513. The third-order valence-electron chi connectivity index (χ3n) is 2.21. The summed E-state index contributed by atoms with van der Waals surface area (Å²) in [4.78, 5) is 0. The van der Waals surface area contributed by atoms with Gasteiger partial charge < -0.3 is 4.57 Å². The highest BCUT2D eigenvalue weighted by atomic mass is 32.2. The third-order valence-corrected chi connectivity index (χ3v) is 2.76. The molecule has 0 spiro atoms.